The van der Waals surface area contributed by atoms with E-state index in [4.69, 9.17) is 14.0 Å². The Kier molecular flexibility index (Phi) is 4.67. The molecule has 0 aliphatic carbocycles. The van der Waals surface area contributed by atoms with E-state index in [1.807, 2.05) is 18.1 Å². The molecule has 6 heteroatoms. The summed E-state index contributed by atoms with van der Waals surface area (Å²) in [4.78, 5) is 0. The van der Waals surface area contributed by atoms with Crippen LogP contribution in [0.1, 0.15) is 47.5 Å². The molecule has 0 spiro atoms. The minimum atomic E-state index is -0.359. The molecule has 0 bridgehead atoms. The van der Waals surface area contributed by atoms with E-state index < -0.39 is 0 Å². The molecule has 0 saturated carbocycles. The molecule has 0 radical (unpaired) electrons. The van der Waals surface area contributed by atoms with Gasteiger partial charge in [-0.15, -0.1) is 0 Å². The van der Waals surface area contributed by atoms with Gasteiger partial charge in [0.2, 0.25) is 0 Å². The van der Waals surface area contributed by atoms with Crippen molar-refractivity contribution in [1.82, 2.24) is 5.23 Å². The molecule has 0 amide bonds. The second kappa shape index (κ2) is 5.96. The zero-order valence-electron chi connectivity index (χ0n) is 13.2. The molecule has 2 aliphatic rings. The van der Waals surface area contributed by atoms with Gasteiger partial charge in [-0.05, 0) is 40.2 Å². The Morgan fingerprint density at radius 3 is 2.45 bits per heavy atom. The van der Waals surface area contributed by atoms with Crippen molar-refractivity contribution in [2.24, 2.45) is 0 Å². The van der Waals surface area contributed by atoms with Gasteiger partial charge in [0.15, 0.2) is 0 Å². The Morgan fingerprint density at radius 1 is 1.20 bits per heavy atom. The van der Waals surface area contributed by atoms with Gasteiger partial charge in [0.05, 0.1) is 11.2 Å². The van der Waals surface area contributed by atoms with Crippen LogP contribution in [-0.2, 0) is 14.0 Å². The van der Waals surface area contributed by atoms with Crippen LogP contribution < -0.4 is 5.23 Å². The van der Waals surface area contributed by atoms with Crippen LogP contribution in [0, 0.1) is 0 Å². The molecule has 0 unspecified atom stereocenters. The summed E-state index contributed by atoms with van der Waals surface area (Å²) in [6.07, 6.45) is 6.19. The SMILES string of the molecule is CCCCOB1C=CC=C(B2OC(C)(C)C(C)(C)O2)N1. The van der Waals surface area contributed by atoms with Crippen molar-refractivity contribution < 1.29 is 14.0 Å². The number of nitrogens with one attached hydrogen (secondary N) is 1. The average Bonchev–Trinajstić information content (AvgIpc) is 2.59. The first kappa shape index (κ1) is 15.7. The molecule has 4 nitrogen and oxygen atoms in total. The Balaban J connectivity index is 1.94. The number of hydrogen-bond donors (Lipinski definition) is 1. The highest BCUT2D eigenvalue weighted by Crippen LogP contribution is 2.38. The second-order valence-corrected chi connectivity index (χ2v) is 6.38. The highest BCUT2D eigenvalue weighted by Gasteiger charge is 2.52. The van der Waals surface area contributed by atoms with Gasteiger partial charge in [0, 0.05) is 12.2 Å². The zero-order chi connectivity index (χ0) is 14.8. The van der Waals surface area contributed by atoms with Crippen molar-refractivity contribution in [2.75, 3.05) is 6.61 Å². The molecular weight excluding hydrogens is 252 g/mol. The van der Waals surface area contributed by atoms with E-state index in [1.165, 1.54) is 0 Å². The third-order valence-electron chi connectivity index (χ3n) is 4.17. The maximum absolute atomic E-state index is 6.04. The third-order valence-corrected chi connectivity index (χ3v) is 4.17. The fraction of sp³-hybridized carbons (Fsp3) is 0.714. The van der Waals surface area contributed by atoms with Crippen molar-refractivity contribution in [3.05, 3.63) is 23.7 Å². The summed E-state index contributed by atoms with van der Waals surface area (Å²) < 4.78 is 17.8. The Morgan fingerprint density at radius 2 is 1.85 bits per heavy atom. The minimum Gasteiger partial charge on any atom is -0.413 e. The van der Waals surface area contributed by atoms with Gasteiger partial charge in [-0.3, -0.25) is 0 Å². The standard InChI is InChI=1S/C14H25B2NO3/c1-6-7-11-18-15-10-8-9-12(17-15)16-19-13(2,3)14(4,5)20-16/h8-10,17H,6-7,11H2,1-5H3. The molecule has 0 aromatic heterocycles. The Labute approximate surface area is 123 Å². The van der Waals surface area contributed by atoms with E-state index in [-0.39, 0.29) is 25.4 Å². The van der Waals surface area contributed by atoms with Gasteiger partial charge >= 0.3 is 14.2 Å². The van der Waals surface area contributed by atoms with Gasteiger partial charge in [0.25, 0.3) is 0 Å². The molecule has 2 heterocycles. The van der Waals surface area contributed by atoms with Crippen LogP contribution in [0.5, 0.6) is 0 Å². The van der Waals surface area contributed by atoms with Crippen LogP contribution in [0.25, 0.3) is 0 Å². The molecule has 0 aromatic rings. The summed E-state index contributed by atoms with van der Waals surface area (Å²) in [5.41, 5.74) is 0.285. The molecule has 2 aliphatic heterocycles. The van der Waals surface area contributed by atoms with E-state index in [0.717, 1.165) is 25.0 Å². The lowest BCUT2D eigenvalue weighted by Crippen LogP contribution is -2.43. The van der Waals surface area contributed by atoms with Crippen LogP contribution in [0.3, 0.4) is 0 Å². The summed E-state index contributed by atoms with van der Waals surface area (Å²) in [5, 5.41) is 3.33. The van der Waals surface area contributed by atoms with Crippen LogP contribution in [0.15, 0.2) is 23.7 Å². The smallest absolute Gasteiger partial charge is 0.413 e. The molecule has 0 aromatic carbocycles. The van der Waals surface area contributed by atoms with Gasteiger partial charge in [-0.1, -0.05) is 25.4 Å². The highest BCUT2D eigenvalue weighted by atomic mass is 16.7. The van der Waals surface area contributed by atoms with Crippen molar-refractivity contribution >= 4 is 14.2 Å². The molecule has 1 fully saturated rings. The molecule has 2 rings (SSSR count). The zero-order valence-corrected chi connectivity index (χ0v) is 13.2. The van der Waals surface area contributed by atoms with Gasteiger partial charge < -0.3 is 19.2 Å². The van der Waals surface area contributed by atoms with Gasteiger partial charge in [0.1, 0.15) is 0 Å². The first-order chi connectivity index (χ1) is 9.36. The normalized spacial score (nSPS) is 23.8. The Hall–Kier alpha value is -0.710. The topological polar surface area (TPSA) is 39.7 Å². The molecule has 1 N–H and O–H groups in total. The molecule has 110 valence electrons. The van der Waals surface area contributed by atoms with Crippen molar-refractivity contribution in [1.29, 1.82) is 0 Å². The quantitative estimate of drug-likeness (QED) is 0.619. The second-order valence-electron chi connectivity index (χ2n) is 6.38. The number of rotatable bonds is 5. The fourth-order valence-corrected chi connectivity index (χ4v) is 2.09. The fourth-order valence-electron chi connectivity index (χ4n) is 2.09. The monoisotopic (exact) mass is 277 g/mol. The van der Waals surface area contributed by atoms with Crippen LogP contribution in [0.2, 0.25) is 0 Å². The largest absolute Gasteiger partial charge is 0.510 e. The highest BCUT2D eigenvalue weighted by molar-refractivity contribution is 6.62. The van der Waals surface area contributed by atoms with E-state index in [1.54, 1.807) is 0 Å². The maximum Gasteiger partial charge on any atom is 0.510 e. The van der Waals surface area contributed by atoms with Crippen molar-refractivity contribution in [2.45, 2.75) is 58.7 Å². The summed E-state index contributed by atoms with van der Waals surface area (Å²) in [6.45, 7) is 11.1. The van der Waals surface area contributed by atoms with Gasteiger partial charge in [-0.25, -0.2) is 0 Å². The first-order valence-electron chi connectivity index (χ1n) is 7.48. The maximum atomic E-state index is 6.04. The summed E-state index contributed by atoms with van der Waals surface area (Å²) in [7, 11) is -0.456. The van der Waals surface area contributed by atoms with E-state index in [9.17, 15) is 0 Å². The van der Waals surface area contributed by atoms with Gasteiger partial charge in [-0.2, -0.15) is 0 Å². The van der Waals surface area contributed by atoms with E-state index in [2.05, 4.69) is 39.8 Å². The predicted molar refractivity (Wildman–Crippen MR) is 83.1 cm³/mol. The Bertz CT molecular complexity index is 391. The van der Waals surface area contributed by atoms with Crippen molar-refractivity contribution in [3.63, 3.8) is 0 Å². The summed E-state index contributed by atoms with van der Waals surface area (Å²) in [5.74, 6) is 2.00. The summed E-state index contributed by atoms with van der Waals surface area (Å²) in [6, 6.07) is 0. The summed E-state index contributed by atoms with van der Waals surface area (Å²) >= 11 is 0. The average molecular weight is 277 g/mol. The first-order valence-corrected chi connectivity index (χ1v) is 7.48. The van der Waals surface area contributed by atoms with E-state index >= 15 is 0 Å². The van der Waals surface area contributed by atoms with Crippen LogP contribution >= 0.6 is 0 Å². The third kappa shape index (κ3) is 3.30. The predicted octanol–water partition coefficient (Wildman–Crippen LogP) is 2.51. The lowest BCUT2D eigenvalue weighted by atomic mass is 9.72. The van der Waals surface area contributed by atoms with Crippen molar-refractivity contribution in [3.8, 4) is 0 Å². The molecular formula is C14H25B2NO3. The lowest BCUT2D eigenvalue weighted by Gasteiger charge is -2.32. The molecule has 0 atom stereocenters. The van der Waals surface area contributed by atoms with E-state index in [0.29, 0.717) is 0 Å². The molecule has 1 saturated heterocycles. The van der Waals surface area contributed by atoms with Crippen LogP contribution in [-0.4, -0.2) is 32.0 Å². The number of allylic oxidation sites excluding steroid dienone is 2. The lowest BCUT2D eigenvalue weighted by molar-refractivity contribution is 0.00578. The number of hydrogen-bond acceptors (Lipinski definition) is 4. The molecule has 20 heavy (non-hydrogen) atoms. The number of unbranched alkanes of at least 4 members (excludes halogenated alkanes) is 1. The minimum absolute atomic E-state index is 0.0967. The van der Waals surface area contributed by atoms with Crippen LogP contribution in [0.4, 0.5) is 0 Å².